The monoisotopic (exact) mass is 235 g/mol. The molecule has 0 aliphatic rings. The summed E-state index contributed by atoms with van der Waals surface area (Å²) >= 11 is 0. The van der Waals surface area contributed by atoms with Gasteiger partial charge >= 0.3 is 0 Å². The van der Waals surface area contributed by atoms with Gasteiger partial charge in [-0.25, -0.2) is 0 Å². The molecular formula is C17H17N. The molecule has 1 N–H and O–H groups in total. The fourth-order valence-electron chi connectivity index (χ4n) is 1.67. The highest BCUT2D eigenvalue weighted by atomic mass is 14.8. The van der Waals surface area contributed by atoms with Crippen LogP contribution < -0.4 is 5.32 Å². The number of nitrogens with one attached hydrogen (secondary N) is 1. The third-order valence-corrected chi connectivity index (χ3v) is 2.61. The van der Waals surface area contributed by atoms with Crippen LogP contribution in [0.15, 0.2) is 60.7 Å². The van der Waals surface area contributed by atoms with Crippen molar-refractivity contribution in [1.29, 1.82) is 0 Å². The van der Waals surface area contributed by atoms with Crippen molar-refractivity contribution in [2.24, 2.45) is 0 Å². The smallest absolute Gasteiger partial charge is 0.0245 e. The largest absolute Gasteiger partial charge is 0.312 e. The predicted octanol–water partition coefficient (Wildman–Crippen LogP) is 3.22. The maximum absolute atomic E-state index is 3.39. The molecule has 0 heterocycles. The summed E-state index contributed by atoms with van der Waals surface area (Å²) < 4.78 is 0. The highest BCUT2D eigenvalue weighted by Gasteiger charge is 1.89. The first-order valence-electron chi connectivity index (χ1n) is 6.24. The van der Waals surface area contributed by atoms with Crippen LogP contribution in [-0.2, 0) is 6.54 Å². The van der Waals surface area contributed by atoms with Gasteiger partial charge in [-0.1, -0.05) is 60.4 Å². The Hall–Kier alpha value is -2.04. The summed E-state index contributed by atoms with van der Waals surface area (Å²) in [6, 6.07) is 20.5. The highest BCUT2D eigenvalue weighted by molar-refractivity contribution is 5.33. The van der Waals surface area contributed by atoms with Gasteiger partial charge in [-0.3, -0.25) is 0 Å². The standard InChI is InChI=1S/C17H17N/c1-3-9-16(10-4-1)11-7-8-14-18-15-17-12-5-2-6-13-17/h1-6,9-10,12-13,18H,8,14-15H2. The molecule has 0 aromatic heterocycles. The third kappa shape index (κ3) is 4.45. The van der Waals surface area contributed by atoms with Gasteiger partial charge < -0.3 is 5.32 Å². The Bertz CT molecular complexity index is 506. The SMILES string of the molecule is C(#Cc1ccccc1)CCNCc1ccccc1. The molecular weight excluding hydrogens is 218 g/mol. The fraction of sp³-hybridized carbons (Fsp3) is 0.176. The lowest BCUT2D eigenvalue weighted by Gasteiger charge is -2.01. The van der Waals surface area contributed by atoms with Crippen molar-refractivity contribution in [2.45, 2.75) is 13.0 Å². The van der Waals surface area contributed by atoms with Crippen molar-refractivity contribution >= 4 is 0 Å². The maximum Gasteiger partial charge on any atom is 0.0245 e. The molecule has 0 spiro atoms. The normalized spacial score (nSPS) is 9.56. The van der Waals surface area contributed by atoms with Gasteiger partial charge in [0, 0.05) is 25.1 Å². The zero-order chi connectivity index (χ0) is 12.5. The number of benzene rings is 2. The van der Waals surface area contributed by atoms with Crippen LogP contribution >= 0.6 is 0 Å². The van der Waals surface area contributed by atoms with E-state index in [2.05, 4.69) is 41.4 Å². The van der Waals surface area contributed by atoms with Crippen LogP contribution in [0.5, 0.6) is 0 Å². The van der Waals surface area contributed by atoms with E-state index in [-0.39, 0.29) is 0 Å². The molecule has 1 nitrogen and oxygen atoms in total. The predicted molar refractivity (Wildman–Crippen MR) is 76.1 cm³/mol. The Morgan fingerprint density at radius 2 is 1.50 bits per heavy atom. The summed E-state index contributed by atoms with van der Waals surface area (Å²) in [6.45, 7) is 1.84. The zero-order valence-corrected chi connectivity index (χ0v) is 10.4. The molecule has 2 aromatic rings. The van der Waals surface area contributed by atoms with E-state index in [1.165, 1.54) is 5.56 Å². The lowest BCUT2D eigenvalue weighted by atomic mass is 10.2. The third-order valence-electron chi connectivity index (χ3n) is 2.61. The highest BCUT2D eigenvalue weighted by Crippen LogP contribution is 1.97. The van der Waals surface area contributed by atoms with Crippen molar-refractivity contribution in [1.82, 2.24) is 5.32 Å². The molecule has 0 amide bonds. The molecule has 1 heteroatoms. The first-order chi connectivity index (χ1) is 8.95. The second-order valence-corrected chi connectivity index (χ2v) is 4.08. The molecule has 0 saturated heterocycles. The minimum absolute atomic E-state index is 0.877. The molecule has 0 aliphatic heterocycles. The van der Waals surface area contributed by atoms with Crippen molar-refractivity contribution in [3.05, 3.63) is 71.8 Å². The summed E-state index contributed by atoms with van der Waals surface area (Å²) in [7, 11) is 0. The van der Waals surface area contributed by atoms with E-state index in [0.29, 0.717) is 0 Å². The van der Waals surface area contributed by atoms with Crippen molar-refractivity contribution in [3.8, 4) is 11.8 Å². The summed E-state index contributed by atoms with van der Waals surface area (Å²) in [5, 5.41) is 3.39. The second-order valence-electron chi connectivity index (χ2n) is 4.08. The summed E-state index contributed by atoms with van der Waals surface area (Å²) in [5.74, 6) is 6.33. The van der Waals surface area contributed by atoms with Crippen LogP contribution in [0.3, 0.4) is 0 Å². The molecule has 18 heavy (non-hydrogen) atoms. The zero-order valence-electron chi connectivity index (χ0n) is 10.4. The average molecular weight is 235 g/mol. The number of rotatable bonds is 4. The summed E-state index contributed by atoms with van der Waals surface area (Å²) in [4.78, 5) is 0. The summed E-state index contributed by atoms with van der Waals surface area (Å²) in [6.07, 6.45) is 0.877. The first kappa shape index (κ1) is 12.4. The number of hydrogen-bond acceptors (Lipinski definition) is 1. The molecule has 0 saturated carbocycles. The molecule has 2 aromatic carbocycles. The number of hydrogen-bond donors (Lipinski definition) is 1. The lowest BCUT2D eigenvalue weighted by molar-refractivity contribution is 0.701. The molecule has 0 fully saturated rings. The molecule has 2 rings (SSSR count). The van der Waals surface area contributed by atoms with Crippen molar-refractivity contribution in [2.75, 3.05) is 6.54 Å². The Labute approximate surface area is 109 Å². The Kier molecular flexibility index (Phi) is 5.05. The van der Waals surface area contributed by atoms with Gasteiger partial charge in [-0.2, -0.15) is 0 Å². The van der Waals surface area contributed by atoms with Gasteiger partial charge in [0.15, 0.2) is 0 Å². The molecule has 0 bridgehead atoms. The van der Waals surface area contributed by atoms with E-state index in [1.54, 1.807) is 0 Å². The van der Waals surface area contributed by atoms with Gasteiger partial charge in [0.1, 0.15) is 0 Å². The van der Waals surface area contributed by atoms with Crippen LogP contribution in [0.1, 0.15) is 17.5 Å². The topological polar surface area (TPSA) is 12.0 Å². The van der Waals surface area contributed by atoms with Crippen LogP contribution in [-0.4, -0.2) is 6.54 Å². The van der Waals surface area contributed by atoms with Gasteiger partial charge in [-0.15, -0.1) is 0 Å². The molecule has 0 radical (unpaired) electrons. The van der Waals surface area contributed by atoms with Crippen LogP contribution in [0.2, 0.25) is 0 Å². The van der Waals surface area contributed by atoms with Crippen molar-refractivity contribution in [3.63, 3.8) is 0 Å². The minimum atomic E-state index is 0.877. The second kappa shape index (κ2) is 7.32. The molecule has 90 valence electrons. The quantitative estimate of drug-likeness (QED) is 0.634. The van der Waals surface area contributed by atoms with E-state index in [0.717, 1.165) is 25.1 Å². The van der Waals surface area contributed by atoms with Gasteiger partial charge in [-0.05, 0) is 17.7 Å². The van der Waals surface area contributed by atoms with E-state index in [4.69, 9.17) is 0 Å². The van der Waals surface area contributed by atoms with Crippen LogP contribution in [0, 0.1) is 11.8 Å². The molecule has 0 atom stereocenters. The van der Waals surface area contributed by atoms with Gasteiger partial charge in [0.05, 0.1) is 0 Å². The average Bonchev–Trinajstić information content (AvgIpc) is 2.45. The van der Waals surface area contributed by atoms with Crippen molar-refractivity contribution < 1.29 is 0 Å². The lowest BCUT2D eigenvalue weighted by Crippen LogP contribution is -2.13. The summed E-state index contributed by atoms with van der Waals surface area (Å²) in [5.41, 5.74) is 2.40. The van der Waals surface area contributed by atoms with E-state index in [9.17, 15) is 0 Å². The molecule has 0 unspecified atom stereocenters. The van der Waals surface area contributed by atoms with E-state index >= 15 is 0 Å². The maximum atomic E-state index is 3.39. The van der Waals surface area contributed by atoms with Gasteiger partial charge in [0.2, 0.25) is 0 Å². The Morgan fingerprint density at radius 1 is 0.833 bits per heavy atom. The van der Waals surface area contributed by atoms with E-state index < -0.39 is 0 Å². The van der Waals surface area contributed by atoms with Gasteiger partial charge in [0.25, 0.3) is 0 Å². The fourth-order valence-corrected chi connectivity index (χ4v) is 1.67. The van der Waals surface area contributed by atoms with Crippen LogP contribution in [0.25, 0.3) is 0 Å². The first-order valence-corrected chi connectivity index (χ1v) is 6.24. The minimum Gasteiger partial charge on any atom is -0.312 e. The molecule has 0 aliphatic carbocycles. The Balaban J connectivity index is 1.67. The van der Waals surface area contributed by atoms with Crippen LogP contribution in [0.4, 0.5) is 0 Å². The van der Waals surface area contributed by atoms with E-state index in [1.807, 2.05) is 36.4 Å². The Morgan fingerprint density at radius 3 is 2.22 bits per heavy atom.